The van der Waals surface area contributed by atoms with E-state index < -0.39 is 0 Å². The molecule has 0 aliphatic carbocycles. The molecule has 0 heterocycles. The minimum atomic E-state index is 0.470. The smallest absolute Gasteiger partial charge is 0.191 e. The van der Waals surface area contributed by atoms with E-state index in [4.69, 9.17) is 12.2 Å². The maximum absolute atomic E-state index is 5.23. The number of thiocarbonyl (C=S) groups is 1. The van der Waals surface area contributed by atoms with Crippen LogP contribution in [-0.4, -0.2) is 11.3 Å². The van der Waals surface area contributed by atoms with Crippen LogP contribution in [0.4, 0.5) is 5.69 Å². The third-order valence-electron chi connectivity index (χ3n) is 2.89. The van der Waals surface area contributed by atoms with Crippen molar-refractivity contribution in [1.29, 1.82) is 0 Å². The standard InChI is InChI=1S/C16H16BrN3S/c1-11-3-4-12(2)15(9-11)19-16(21)20-18-10-13-5-7-14(17)8-6-13/h3-10H,1-2H3,(H2,19,20,21). The third-order valence-corrected chi connectivity index (χ3v) is 3.61. The van der Waals surface area contributed by atoms with Gasteiger partial charge in [0.25, 0.3) is 0 Å². The van der Waals surface area contributed by atoms with Crippen molar-refractivity contribution in [2.45, 2.75) is 13.8 Å². The highest BCUT2D eigenvalue weighted by Gasteiger charge is 2.00. The van der Waals surface area contributed by atoms with Gasteiger partial charge in [-0.3, -0.25) is 5.43 Å². The highest BCUT2D eigenvalue weighted by molar-refractivity contribution is 9.10. The third kappa shape index (κ3) is 4.95. The van der Waals surface area contributed by atoms with Crippen LogP contribution in [0.2, 0.25) is 0 Å². The summed E-state index contributed by atoms with van der Waals surface area (Å²) in [6.45, 7) is 4.09. The average Bonchev–Trinajstić information content (AvgIpc) is 2.45. The average molecular weight is 362 g/mol. The summed E-state index contributed by atoms with van der Waals surface area (Å²) in [7, 11) is 0. The number of hydrogen-bond donors (Lipinski definition) is 2. The minimum absolute atomic E-state index is 0.470. The Kier molecular flexibility index (Phi) is 5.47. The fraction of sp³-hybridized carbons (Fsp3) is 0.125. The molecule has 0 aromatic heterocycles. The number of aryl methyl sites for hydroxylation is 2. The lowest BCUT2D eigenvalue weighted by Gasteiger charge is -2.10. The van der Waals surface area contributed by atoms with Gasteiger partial charge in [-0.05, 0) is 61.0 Å². The molecule has 2 N–H and O–H groups in total. The maximum Gasteiger partial charge on any atom is 0.191 e. The van der Waals surface area contributed by atoms with E-state index in [1.54, 1.807) is 6.21 Å². The van der Waals surface area contributed by atoms with Gasteiger partial charge in [0.15, 0.2) is 5.11 Å². The number of hydrazone groups is 1. The van der Waals surface area contributed by atoms with Crippen molar-refractivity contribution in [2.75, 3.05) is 5.32 Å². The molecule has 0 fully saturated rings. The molecule has 2 aromatic rings. The number of nitrogens with zero attached hydrogens (tertiary/aromatic N) is 1. The molecular weight excluding hydrogens is 346 g/mol. The highest BCUT2D eigenvalue weighted by Crippen LogP contribution is 2.16. The lowest BCUT2D eigenvalue weighted by molar-refractivity contribution is 1.05. The van der Waals surface area contributed by atoms with Crippen LogP contribution in [0.5, 0.6) is 0 Å². The zero-order valence-electron chi connectivity index (χ0n) is 11.9. The molecule has 0 bridgehead atoms. The largest absolute Gasteiger partial charge is 0.331 e. The second-order valence-electron chi connectivity index (χ2n) is 4.69. The molecule has 3 nitrogen and oxygen atoms in total. The van der Waals surface area contributed by atoms with Crippen LogP contribution >= 0.6 is 28.1 Å². The summed E-state index contributed by atoms with van der Waals surface area (Å²) in [4.78, 5) is 0. The van der Waals surface area contributed by atoms with Gasteiger partial charge in [0.1, 0.15) is 0 Å². The lowest BCUT2D eigenvalue weighted by Crippen LogP contribution is -2.24. The van der Waals surface area contributed by atoms with Crippen molar-refractivity contribution in [3.63, 3.8) is 0 Å². The van der Waals surface area contributed by atoms with E-state index in [1.807, 2.05) is 38.1 Å². The van der Waals surface area contributed by atoms with Gasteiger partial charge < -0.3 is 5.32 Å². The van der Waals surface area contributed by atoms with Crippen molar-refractivity contribution < 1.29 is 0 Å². The molecule has 0 aliphatic rings. The first-order valence-corrected chi connectivity index (χ1v) is 7.67. The fourth-order valence-corrected chi connectivity index (χ4v) is 2.16. The SMILES string of the molecule is Cc1ccc(C)c(NC(=S)NN=Cc2ccc(Br)cc2)c1. The number of rotatable bonds is 3. The van der Waals surface area contributed by atoms with Gasteiger partial charge in [-0.1, -0.05) is 40.2 Å². The lowest BCUT2D eigenvalue weighted by atomic mass is 10.1. The van der Waals surface area contributed by atoms with Crippen molar-refractivity contribution in [3.05, 3.63) is 63.6 Å². The zero-order chi connectivity index (χ0) is 15.2. The molecule has 108 valence electrons. The van der Waals surface area contributed by atoms with Crippen LogP contribution in [0.15, 0.2) is 52.0 Å². The van der Waals surface area contributed by atoms with Gasteiger partial charge in [0.05, 0.1) is 6.21 Å². The van der Waals surface area contributed by atoms with Crippen LogP contribution in [0.25, 0.3) is 0 Å². The molecule has 2 rings (SSSR count). The first-order chi connectivity index (χ1) is 10.0. The Hall–Kier alpha value is -1.72. The molecule has 0 saturated carbocycles. The van der Waals surface area contributed by atoms with E-state index in [0.29, 0.717) is 5.11 Å². The molecule has 0 aliphatic heterocycles. The van der Waals surface area contributed by atoms with Crippen LogP contribution in [0.3, 0.4) is 0 Å². The normalized spacial score (nSPS) is 10.6. The van der Waals surface area contributed by atoms with Gasteiger partial charge in [-0.25, -0.2) is 0 Å². The Balaban J connectivity index is 1.93. The van der Waals surface area contributed by atoms with Crippen LogP contribution in [0.1, 0.15) is 16.7 Å². The van der Waals surface area contributed by atoms with Crippen LogP contribution < -0.4 is 10.7 Å². The van der Waals surface area contributed by atoms with E-state index in [9.17, 15) is 0 Å². The molecule has 0 saturated heterocycles. The summed E-state index contributed by atoms with van der Waals surface area (Å²) in [6.07, 6.45) is 1.73. The second-order valence-corrected chi connectivity index (χ2v) is 6.02. The Morgan fingerprint density at radius 3 is 2.57 bits per heavy atom. The first kappa shape index (κ1) is 15.7. The Labute approximate surface area is 138 Å². The molecule has 0 radical (unpaired) electrons. The summed E-state index contributed by atoms with van der Waals surface area (Å²) in [6, 6.07) is 14.1. The van der Waals surface area contributed by atoms with Gasteiger partial charge in [0.2, 0.25) is 0 Å². The molecule has 5 heteroatoms. The van der Waals surface area contributed by atoms with Crippen molar-refractivity contribution in [1.82, 2.24) is 5.43 Å². The summed E-state index contributed by atoms with van der Waals surface area (Å²) >= 11 is 8.63. The Bertz CT molecular complexity index is 666. The van der Waals surface area contributed by atoms with E-state index in [2.05, 4.69) is 50.0 Å². The Morgan fingerprint density at radius 1 is 1.14 bits per heavy atom. The quantitative estimate of drug-likeness (QED) is 0.483. The fourth-order valence-electron chi connectivity index (χ4n) is 1.74. The van der Waals surface area contributed by atoms with Crippen LogP contribution in [-0.2, 0) is 0 Å². The van der Waals surface area contributed by atoms with Gasteiger partial charge in [0, 0.05) is 10.2 Å². The maximum atomic E-state index is 5.23. The first-order valence-electron chi connectivity index (χ1n) is 6.47. The molecule has 0 spiro atoms. The van der Waals surface area contributed by atoms with Crippen molar-refractivity contribution >= 4 is 45.2 Å². The van der Waals surface area contributed by atoms with Gasteiger partial charge in [-0.2, -0.15) is 5.10 Å². The number of anilines is 1. The highest BCUT2D eigenvalue weighted by atomic mass is 79.9. The summed E-state index contributed by atoms with van der Waals surface area (Å²) in [5.74, 6) is 0. The molecule has 0 unspecified atom stereocenters. The second kappa shape index (κ2) is 7.33. The number of halogens is 1. The Morgan fingerprint density at radius 2 is 1.86 bits per heavy atom. The predicted octanol–water partition coefficient (Wildman–Crippen LogP) is 4.39. The molecule has 0 amide bonds. The summed E-state index contributed by atoms with van der Waals surface area (Å²) < 4.78 is 1.04. The molecule has 21 heavy (non-hydrogen) atoms. The van der Waals surface area contributed by atoms with Gasteiger partial charge in [-0.15, -0.1) is 0 Å². The van der Waals surface area contributed by atoms with Gasteiger partial charge >= 0.3 is 0 Å². The monoisotopic (exact) mass is 361 g/mol. The summed E-state index contributed by atoms with van der Waals surface area (Å²) in [5, 5.41) is 7.74. The molecule has 0 atom stereocenters. The molecule has 2 aromatic carbocycles. The molecular formula is C16H16BrN3S. The zero-order valence-corrected chi connectivity index (χ0v) is 14.3. The summed E-state index contributed by atoms with van der Waals surface area (Å²) in [5.41, 5.74) is 7.14. The van der Waals surface area contributed by atoms with E-state index in [0.717, 1.165) is 21.3 Å². The van der Waals surface area contributed by atoms with E-state index in [1.165, 1.54) is 5.56 Å². The van der Waals surface area contributed by atoms with Crippen molar-refractivity contribution in [3.8, 4) is 0 Å². The number of nitrogens with one attached hydrogen (secondary N) is 2. The van der Waals surface area contributed by atoms with E-state index >= 15 is 0 Å². The predicted molar refractivity (Wildman–Crippen MR) is 97.0 cm³/mol. The topological polar surface area (TPSA) is 36.4 Å². The number of benzene rings is 2. The minimum Gasteiger partial charge on any atom is -0.331 e. The van der Waals surface area contributed by atoms with Crippen LogP contribution in [0, 0.1) is 13.8 Å². The number of hydrogen-bond acceptors (Lipinski definition) is 2. The van der Waals surface area contributed by atoms with Crippen molar-refractivity contribution in [2.24, 2.45) is 5.10 Å². The van der Waals surface area contributed by atoms with E-state index in [-0.39, 0.29) is 0 Å².